The average molecular weight is 342 g/mol. The lowest BCUT2D eigenvalue weighted by atomic mass is 10.0. The molecule has 0 aliphatic carbocycles. The van der Waals surface area contributed by atoms with Crippen molar-refractivity contribution in [3.8, 4) is 0 Å². The van der Waals surface area contributed by atoms with Crippen LogP contribution in [-0.2, 0) is 17.4 Å². The minimum absolute atomic E-state index is 0.0316. The van der Waals surface area contributed by atoms with E-state index in [-0.39, 0.29) is 18.0 Å². The maximum atomic E-state index is 12.9. The second-order valence-corrected chi connectivity index (χ2v) is 6.70. The van der Waals surface area contributed by atoms with Gasteiger partial charge in [0.2, 0.25) is 5.91 Å². The van der Waals surface area contributed by atoms with Crippen LogP contribution in [0.1, 0.15) is 39.7 Å². The molecule has 0 saturated carbocycles. The standard InChI is InChI=1S/C16H17F3N2OS/c1-9(15-10(2)23-11(3)21-15)20-14(22)8-12-6-4-5-7-13(12)16(17,18)19/h4-7,9H,8H2,1-3H3,(H,20,22). The number of hydrogen-bond acceptors (Lipinski definition) is 3. The fourth-order valence-electron chi connectivity index (χ4n) is 2.43. The summed E-state index contributed by atoms with van der Waals surface area (Å²) >= 11 is 1.52. The molecular weight excluding hydrogens is 325 g/mol. The van der Waals surface area contributed by atoms with Crippen LogP contribution in [0.4, 0.5) is 13.2 Å². The summed E-state index contributed by atoms with van der Waals surface area (Å²) in [4.78, 5) is 17.4. The van der Waals surface area contributed by atoms with Crippen molar-refractivity contribution in [2.24, 2.45) is 0 Å². The number of rotatable bonds is 4. The largest absolute Gasteiger partial charge is 0.416 e. The zero-order chi connectivity index (χ0) is 17.2. The van der Waals surface area contributed by atoms with E-state index in [1.54, 1.807) is 6.92 Å². The van der Waals surface area contributed by atoms with Gasteiger partial charge in [-0.05, 0) is 32.4 Å². The Morgan fingerprint density at radius 1 is 1.30 bits per heavy atom. The van der Waals surface area contributed by atoms with Crippen molar-refractivity contribution in [1.29, 1.82) is 0 Å². The van der Waals surface area contributed by atoms with Gasteiger partial charge in [0.25, 0.3) is 0 Å². The normalized spacial score (nSPS) is 13.0. The van der Waals surface area contributed by atoms with Crippen molar-refractivity contribution in [2.75, 3.05) is 0 Å². The first-order valence-corrected chi connectivity index (χ1v) is 7.88. The molecule has 23 heavy (non-hydrogen) atoms. The number of nitrogens with zero attached hydrogens (tertiary/aromatic N) is 1. The molecule has 0 bridgehead atoms. The molecule has 1 amide bonds. The quantitative estimate of drug-likeness (QED) is 0.905. The van der Waals surface area contributed by atoms with Crippen molar-refractivity contribution in [2.45, 2.75) is 39.4 Å². The monoisotopic (exact) mass is 342 g/mol. The highest BCUT2D eigenvalue weighted by Crippen LogP contribution is 2.32. The van der Waals surface area contributed by atoms with Gasteiger partial charge in [-0.3, -0.25) is 4.79 Å². The zero-order valence-electron chi connectivity index (χ0n) is 13.0. The van der Waals surface area contributed by atoms with Crippen LogP contribution in [-0.4, -0.2) is 10.9 Å². The van der Waals surface area contributed by atoms with Gasteiger partial charge in [0.15, 0.2) is 0 Å². The predicted molar refractivity (Wildman–Crippen MR) is 83.3 cm³/mol. The van der Waals surface area contributed by atoms with Gasteiger partial charge in [0.1, 0.15) is 0 Å². The molecule has 1 unspecified atom stereocenters. The number of amides is 1. The van der Waals surface area contributed by atoms with Gasteiger partial charge in [-0.15, -0.1) is 11.3 Å². The maximum Gasteiger partial charge on any atom is 0.416 e. The van der Waals surface area contributed by atoms with Crippen LogP contribution in [0, 0.1) is 13.8 Å². The zero-order valence-corrected chi connectivity index (χ0v) is 13.8. The molecule has 0 aliphatic rings. The van der Waals surface area contributed by atoms with Crippen molar-refractivity contribution >= 4 is 17.2 Å². The van der Waals surface area contributed by atoms with Gasteiger partial charge in [0, 0.05) is 4.88 Å². The van der Waals surface area contributed by atoms with Gasteiger partial charge in [-0.1, -0.05) is 18.2 Å². The lowest BCUT2D eigenvalue weighted by molar-refractivity contribution is -0.138. The Morgan fingerprint density at radius 2 is 1.96 bits per heavy atom. The molecule has 1 heterocycles. The SMILES string of the molecule is Cc1nc(C(C)NC(=O)Cc2ccccc2C(F)(F)F)c(C)s1. The topological polar surface area (TPSA) is 42.0 Å². The highest BCUT2D eigenvalue weighted by atomic mass is 32.1. The lowest BCUT2D eigenvalue weighted by Gasteiger charge is -2.15. The van der Waals surface area contributed by atoms with E-state index in [1.165, 1.54) is 29.5 Å². The number of hydrogen-bond donors (Lipinski definition) is 1. The number of alkyl halides is 3. The van der Waals surface area contributed by atoms with E-state index in [2.05, 4.69) is 10.3 Å². The van der Waals surface area contributed by atoms with E-state index in [0.717, 1.165) is 21.6 Å². The van der Waals surface area contributed by atoms with E-state index in [4.69, 9.17) is 0 Å². The third-order valence-electron chi connectivity index (χ3n) is 3.40. The molecule has 0 aliphatic heterocycles. The smallest absolute Gasteiger partial charge is 0.348 e. The molecule has 1 aromatic heterocycles. The maximum absolute atomic E-state index is 12.9. The molecule has 2 rings (SSSR count). The minimum Gasteiger partial charge on any atom is -0.348 e. The summed E-state index contributed by atoms with van der Waals surface area (Å²) in [6.45, 7) is 5.55. The molecule has 3 nitrogen and oxygen atoms in total. The van der Waals surface area contributed by atoms with Crippen molar-refractivity contribution < 1.29 is 18.0 Å². The van der Waals surface area contributed by atoms with E-state index >= 15 is 0 Å². The van der Waals surface area contributed by atoms with Crippen LogP contribution in [0.15, 0.2) is 24.3 Å². The Kier molecular flexibility index (Phi) is 5.09. The molecule has 7 heteroatoms. The fraction of sp³-hybridized carbons (Fsp3) is 0.375. The first kappa shape index (κ1) is 17.5. The second kappa shape index (κ2) is 6.70. The summed E-state index contributed by atoms with van der Waals surface area (Å²) in [6.07, 6.45) is -4.78. The van der Waals surface area contributed by atoms with Gasteiger partial charge in [-0.25, -0.2) is 4.98 Å². The Bertz CT molecular complexity index is 710. The van der Waals surface area contributed by atoms with Crippen LogP contribution in [0.25, 0.3) is 0 Å². The molecule has 1 aromatic carbocycles. The number of aromatic nitrogens is 1. The molecule has 1 N–H and O–H groups in total. The molecule has 0 spiro atoms. The van der Waals surface area contributed by atoms with Crippen LogP contribution in [0.5, 0.6) is 0 Å². The van der Waals surface area contributed by atoms with E-state index in [1.807, 2.05) is 13.8 Å². The molecule has 0 fully saturated rings. The van der Waals surface area contributed by atoms with Gasteiger partial charge in [-0.2, -0.15) is 13.2 Å². The third kappa shape index (κ3) is 4.31. The Labute approximate surface area is 136 Å². The van der Waals surface area contributed by atoms with E-state index in [9.17, 15) is 18.0 Å². The summed E-state index contributed by atoms with van der Waals surface area (Å²) in [5.74, 6) is -0.459. The van der Waals surface area contributed by atoms with Gasteiger partial charge in [0.05, 0.1) is 28.7 Å². The summed E-state index contributed by atoms with van der Waals surface area (Å²) in [6, 6.07) is 4.78. The second-order valence-electron chi connectivity index (χ2n) is 5.30. The van der Waals surface area contributed by atoms with Crippen molar-refractivity contribution in [3.63, 3.8) is 0 Å². The number of thiazole rings is 1. The van der Waals surface area contributed by atoms with Crippen LogP contribution < -0.4 is 5.32 Å². The van der Waals surface area contributed by atoms with Gasteiger partial charge < -0.3 is 5.32 Å². The predicted octanol–water partition coefficient (Wildman–Crippen LogP) is 4.20. The number of benzene rings is 1. The van der Waals surface area contributed by atoms with Crippen LogP contribution in [0.2, 0.25) is 0 Å². The van der Waals surface area contributed by atoms with E-state index in [0.29, 0.717) is 0 Å². The Morgan fingerprint density at radius 3 is 2.52 bits per heavy atom. The summed E-state index contributed by atoms with van der Waals surface area (Å²) in [7, 11) is 0. The number of nitrogens with one attached hydrogen (secondary N) is 1. The highest BCUT2D eigenvalue weighted by Gasteiger charge is 2.33. The number of halogens is 3. The van der Waals surface area contributed by atoms with Crippen molar-refractivity contribution in [1.82, 2.24) is 10.3 Å². The number of aryl methyl sites for hydroxylation is 2. The molecule has 0 radical (unpaired) electrons. The highest BCUT2D eigenvalue weighted by molar-refractivity contribution is 7.11. The van der Waals surface area contributed by atoms with Crippen LogP contribution >= 0.6 is 11.3 Å². The molecule has 1 atom stereocenters. The first-order valence-electron chi connectivity index (χ1n) is 7.07. The minimum atomic E-state index is -4.47. The fourth-order valence-corrected chi connectivity index (χ4v) is 3.35. The molecule has 2 aromatic rings. The van der Waals surface area contributed by atoms with Crippen LogP contribution in [0.3, 0.4) is 0 Å². The number of carbonyl (C=O) groups is 1. The molecule has 124 valence electrons. The number of carbonyl (C=O) groups excluding carboxylic acids is 1. The summed E-state index contributed by atoms with van der Waals surface area (Å²) in [5.41, 5.74) is -0.0516. The summed E-state index contributed by atoms with van der Waals surface area (Å²) < 4.78 is 38.8. The van der Waals surface area contributed by atoms with E-state index < -0.39 is 17.6 Å². The van der Waals surface area contributed by atoms with Gasteiger partial charge >= 0.3 is 6.18 Å². The Hall–Kier alpha value is -1.89. The lowest BCUT2D eigenvalue weighted by Crippen LogP contribution is -2.29. The molecular formula is C16H17F3N2OS. The summed E-state index contributed by atoms with van der Waals surface area (Å²) in [5, 5.41) is 3.61. The average Bonchev–Trinajstić information content (AvgIpc) is 2.77. The van der Waals surface area contributed by atoms with Crippen molar-refractivity contribution in [3.05, 3.63) is 51.0 Å². The first-order chi connectivity index (χ1) is 10.7. The third-order valence-corrected chi connectivity index (χ3v) is 4.30. The Balaban J connectivity index is 2.10. The molecule has 0 saturated heterocycles.